The average molecular weight is 304 g/mol. The van der Waals surface area contributed by atoms with Gasteiger partial charge in [0.1, 0.15) is 0 Å². The van der Waals surface area contributed by atoms with Crippen LogP contribution >= 0.6 is 11.9 Å². The average Bonchev–Trinajstić information content (AvgIpc) is 2.86. The van der Waals surface area contributed by atoms with Gasteiger partial charge in [-0.2, -0.15) is 0 Å². The molecule has 0 aromatic carbocycles. The highest BCUT2D eigenvalue weighted by Crippen LogP contribution is 1.90. The third-order valence-electron chi connectivity index (χ3n) is 2.35. The number of hydrogen-bond acceptors (Lipinski definition) is 7. The summed E-state index contributed by atoms with van der Waals surface area (Å²) < 4.78 is 21.1. The van der Waals surface area contributed by atoms with Crippen LogP contribution in [0.3, 0.4) is 0 Å². The summed E-state index contributed by atoms with van der Waals surface area (Å²) in [6, 6.07) is 0. The third kappa shape index (κ3) is 9.27. The van der Waals surface area contributed by atoms with E-state index in [1.165, 1.54) is 0 Å². The van der Waals surface area contributed by atoms with E-state index in [0.29, 0.717) is 46.2 Å². The minimum atomic E-state index is 0.585. The van der Waals surface area contributed by atoms with Crippen molar-refractivity contribution in [3.05, 3.63) is 11.9 Å². The first kappa shape index (κ1) is 17.4. The van der Waals surface area contributed by atoms with Crippen molar-refractivity contribution in [3.8, 4) is 0 Å². The molecule has 7 nitrogen and oxygen atoms in total. The summed E-state index contributed by atoms with van der Waals surface area (Å²) in [5, 5.41) is 7.84. The lowest BCUT2D eigenvalue weighted by Gasteiger charge is -2.07. The Kier molecular flexibility index (Phi) is 10.5. The molecule has 0 aliphatic heterocycles. The van der Waals surface area contributed by atoms with Gasteiger partial charge in [0.25, 0.3) is 0 Å². The highest BCUT2D eigenvalue weighted by Gasteiger charge is 1.95. The minimum Gasteiger partial charge on any atom is -0.378 e. The Morgan fingerprint density at radius 3 is 2.35 bits per heavy atom. The molecule has 0 unspecified atom stereocenters. The predicted octanol–water partition coefficient (Wildman–Crippen LogP) is 0.504. The Balaban J connectivity index is 1.76. The number of aromatic nitrogens is 3. The van der Waals surface area contributed by atoms with E-state index in [1.54, 1.807) is 16.6 Å². The molecule has 8 heteroatoms. The monoisotopic (exact) mass is 304 g/mol. The van der Waals surface area contributed by atoms with Crippen LogP contribution in [-0.4, -0.2) is 67.4 Å². The van der Waals surface area contributed by atoms with Gasteiger partial charge in [0.15, 0.2) is 0 Å². The first-order valence-electron chi connectivity index (χ1n) is 6.68. The van der Waals surface area contributed by atoms with Gasteiger partial charge in [-0.05, 0) is 13.2 Å². The summed E-state index contributed by atoms with van der Waals surface area (Å²) in [6.07, 6.45) is 3.89. The Bertz CT molecular complexity index is 338. The van der Waals surface area contributed by atoms with Crippen LogP contribution in [0.25, 0.3) is 0 Å². The van der Waals surface area contributed by atoms with E-state index in [2.05, 4.69) is 15.0 Å². The van der Waals surface area contributed by atoms with Crippen molar-refractivity contribution in [3.63, 3.8) is 0 Å². The zero-order valence-corrected chi connectivity index (χ0v) is 13.0. The molecule has 0 fully saturated rings. The Hall–Kier alpha value is -0.670. The van der Waals surface area contributed by atoms with Crippen LogP contribution in [-0.2, 0) is 20.8 Å². The van der Waals surface area contributed by atoms with Crippen molar-refractivity contribution in [1.29, 1.82) is 0 Å². The summed E-state index contributed by atoms with van der Waals surface area (Å²) >= 11 is 1.59. The van der Waals surface area contributed by atoms with Crippen molar-refractivity contribution < 1.29 is 14.2 Å². The van der Waals surface area contributed by atoms with Crippen molar-refractivity contribution in [1.82, 2.24) is 19.7 Å². The van der Waals surface area contributed by atoms with Gasteiger partial charge in [0, 0.05) is 12.7 Å². The molecular weight excluding hydrogens is 280 g/mol. The van der Waals surface area contributed by atoms with E-state index in [0.717, 1.165) is 12.2 Å². The maximum Gasteiger partial charge on any atom is 0.0796 e. The molecule has 0 aliphatic rings. The summed E-state index contributed by atoms with van der Waals surface area (Å²) in [4.78, 5) is 0. The molecule has 0 bridgehead atoms. The molecule has 20 heavy (non-hydrogen) atoms. The number of ether oxygens (including phenoxy) is 3. The van der Waals surface area contributed by atoms with E-state index >= 15 is 0 Å². The minimum absolute atomic E-state index is 0.585. The van der Waals surface area contributed by atoms with E-state index in [4.69, 9.17) is 14.2 Å². The number of aryl methyl sites for hydroxylation is 1. The summed E-state index contributed by atoms with van der Waals surface area (Å²) in [5.74, 6) is 0. The van der Waals surface area contributed by atoms with Gasteiger partial charge < -0.3 is 14.2 Å². The van der Waals surface area contributed by atoms with Crippen molar-refractivity contribution in [2.24, 2.45) is 0 Å². The quantitative estimate of drug-likeness (QED) is 0.420. The molecule has 0 saturated carbocycles. The van der Waals surface area contributed by atoms with Crippen LogP contribution in [0.4, 0.5) is 0 Å². The van der Waals surface area contributed by atoms with Gasteiger partial charge in [0.05, 0.1) is 51.9 Å². The molecule has 0 spiro atoms. The number of hydrogen-bond donors (Lipinski definition) is 1. The molecule has 0 aliphatic carbocycles. The molecule has 0 saturated heterocycles. The lowest BCUT2D eigenvalue weighted by Crippen LogP contribution is -2.15. The fraction of sp³-hybridized carbons (Fsp3) is 0.833. The highest BCUT2D eigenvalue weighted by molar-refractivity contribution is 7.96. The van der Waals surface area contributed by atoms with Gasteiger partial charge in [-0.15, -0.1) is 5.10 Å². The molecule has 1 heterocycles. The normalized spacial score (nSPS) is 11.1. The highest BCUT2D eigenvalue weighted by atomic mass is 32.2. The van der Waals surface area contributed by atoms with Crippen molar-refractivity contribution >= 4 is 11.9 Å². The van der Waals surface area contributed by atoms with Crippen LogP contribution < -0.4 is 4.72 Å². The number of rotatable bonds is 13. The first-order valence-corrected chi connectivity index (χ1v) is 7.91. The topological polar surface area (TPSA) is 70.4 Å². The molecule has 1 aromatic rings. The van der Waals surface area contributed by atoms with Crippen LogP contribution in [0.1, 0.15) is 5.69 Å². The molecular formula is C12H24N4O3S. The van der Waals surface area contributed by atoms with Crippen molar-refractivity contribution in [2.45, 2.75) is 13.5 Å². The first-order chi connectivity index (χ1) is 9.83. The zero-order chi connectivity index (χ0) is 14.5. The fourth-order valence-electron chi connectivity index (χ4n) is 1.42. The predicted molar refractivity (Wildman–Crippen MR) is 78.7 cm³/mol. The summed E-state index contributed by atoms with van der Waals surface area (Å²) in [6.45, 7) is 7.20. The second-order valence-corrected chi connectivity index (χ2v) is 4.76. The maximum absolute atomic E-state index is 5.44. The molecule has 0 atom stereocenters. The molecule has 0 radical (unpaired) electrons. The standard InChI is InChI=1S/C12H24N4O3S/c1-12-11-16(15-14-12)4-6-18-8-10-19-9-7-17-5-3-13-20-2/h11,13H,3-10H2,1-2H3. The SMILES string of the molecule is CSNCCOCCOCCOCCn1cc(C)nn1. The fourth-order valence-corrected chi connectivity index (χ4v) is 1.71. The number of nitrogens with one attached hydrogen (secondary N) is 1. The number of nitrogens with zero attached hydrogens (tertiary/aromatic N) is 3. The van der Waals surface area contributed by atoms with Crippen LogP contribution in [0, 0.1) is 6.92 Å². The second-order valence-electron chi connectivity index (χ2n) is 4.06. The Morgan fingerprint density at radius 2 is 1.75 bits per heavy atom. The molecule has 1 aromatic heterocycles. The van der Waals surface area contributed by atoms with Gasteiger partial charge in [-0.25, -0.2) is 4.68 Å². The second kappa shape index (κ2) is 12.1. The van der Waals surface area contributed by atoms with Gasteiger partial charge in [0.2, 0.25) is 0 Å². The van der Waals surface area contributed by atoms with E-state index < -0.39 is 0 Å². The van der Waals surface area contributed by atoms with E-state index in [9.17, 15) is 0 Å². The molecule has 116 valence electrons. The van der Waals surface area contributed by atoms with Gasteiger partial charge in [-0.3, -0.25) is 4.72 Å². The maximum atomic E-state index is 5.44. The van der Waals surface area contributed by atoms with E-state index in [-0.39, 0.29) is 0 Å². The molecule has 1 rings (SSSR count). The van der Waals surface area contributed by atoms with Crippen molar-refractivity contribution in [2.75, 3.05) is 52.4 Å². The Labute approximate surface area is 124 Å². The van der Waals surface area contributed by atoms with Crippen LogP contribution in [0.5, 0.6) is 0 Å². The summed E-state index contributed by atoms with van der Waals surface area (Å²) in [7, 11) is 0. The van der Waals surface area contributed by atoms with E-state index in [1.807, 2.05) is 19.4 Å². The lowest BCUT2D eigenvalue weighted by molar-refractivity contribution is 0.0138. The molecule has 1 N–H and O–H groups in total. The molecule has 0 amide bonds. The van der Waals surface area contributed by atoms with Crippen LogP contribution in [0.15, 0.2) is 6.20 Å². The van der Waals surface area contributed by atoms with Gasteiger partial charge in [-0.1, -0.05) is 17.2 Å². The lowest BCUT2D eigenvalue weighted by atomic mass is 10.5. The van der Waals surface area contributed by atoms with Gasteiger partial charge >= 0.3 is 0 Å². The third-order valence-corrected chi connectivity index (χ3v) is 2.85. The largest absolute Gasteiger partial charge is 0.378 e. The van der Waals surface area contributed by atoms with Crippen LogP contribution in [0.2, 0.25) is 0 Å². The zero-order valence-electron chi connectivity index (χ0n) is 12.2. The summed E-state index contributed by atoms with van der Waals surface area (Å²) in [5.41, 5.74) is 0.918. The Morgan fingerprint density at radius 1 is 1.10 bits per heavy atom. The smallest absolute Gasteiger partial charge is 0.0796 e.